The fourth-order valence-corrected chi connectivity index (χ4v) is 3.55. The fraction of sp³-hybridized carbons (Fsp3) is 0.478. The molecule has 0 fully saturated rings. The zero-order valence-corrected chi connectivity index (χ0v) is 18.2. The Kier molecular flexibility index (Phi) is 8.00. The first-order valence-electron chi connectivity index (χ1n) is 9.56. The lowest BCUT2D eigenvalue weighted by molar-refractivity contribution is 0.316. The summed E-state index contributed by atoms with van der Waals surface area (Å²) in [4.78, 5) is 2.34. The Balaban J connectivity index is 2.01. The summed E-state index contributed by atoms with van der Waals surface area (Å²) in [6, 6.07) is 8.32. The predicted octanol–water partition coefficient (Wildman–Crippen LogP) is 4.05. The highest BCUT2D eigenvalue weighted by molar-refractivity contribution is 5.55. The van der Waals surface area contributed by atoms with Crippen LogP contribution in [-0.2, 0) is 12.8 Å². The van der Waals surface area contributed by atoms with Gasteiger partial charge in [0, 0.05) is 13.1 Å². The summed E-state index contributed by atoms with van der Waals surface area (Å²) >= 11 is 0. The number of nitrogens with zero attached hydrogens (tertiary/aromatic N) is 1. The van der Waals surface area contributed by atoms with Gasteiger partial charge in [0.2, 0.25) is 5.75 Å². The van der Waals surface area contributed by atoms with Crippen LogP contribution in [0.15, 0.2) is 24.3 Å². The first kappa shape index (κ1) is 21.9. The van der Waals surface area contributed by atoms with Crippen LogP contribution >= 0.6 is 0 Å². The lowest BCUT2D eigenvalue weighted by Crippen LogP contribution is -2.24. The Morgan fingerprint density at radius 2 is 1.25 bits per heavy atom. The van der Waals surface area contributed by atoms with Gasteiger partial charge < -0.3 is 23.8 Å². The number of aryl methyl sites for hydroxylation is 1. The third kappa shape index (κ3) is 4.90. The minimum absolute atomic E-state index is 0.646. The number of hydrogen-bond donors (Lipinski definition) is 0. The lowest BCUT2D eigenvalue weighted by Gasteiger charge is -2.20. The number of rotatable bonds is 10. The number of benzene rings is 2. The van der Waals surface area contributed by atoms with Gasteiger partial charge in [0.05, 0.1) is 28.4 Å². The molecular weight excluding hydrogens is 354 g/mol. The van der Waals surface area contributed by atoms with Gasteiger partial charge >= 0.3 is 0 Å². The van der Waals surface area contributed by atoms with Crippen molar-refractivity contribution in [1.82, 2.24) is 4.90 Å². The summed E-state index contributed by atoms with van der Waals surface area (Å²) in [6.07, 6.45) is 1.86. The van der Waals surface area contributed by atoms with E-state index >= 15 is 0 Å². The molecule has 154 valence electrons. The van der Waals surface area contributed by atoms with Crippen molar-refractivity contribution in [3.05, 3.63) is 46.5 Å². The molecule has 0 saturated carbocycles. The Morgan fingerprint density at radius 3 is 1.82 bits per heavy atom. The van der Waals surface area contributed by atoms with E-state index in [2.05, 4.69) is 37.9 Å². The van der Waals surface area contributed by atoms with Crippen LogP contribution in [0.3, 0.4) is 0 Å². The molecule has 0 radical (unpaired) electrons. The highest BCUT2D eigenvalue weighted by atomic mass is 16.5. The summed E-state index contributed by atoms with van der Waals surface area (Å²) in [5, 5.41) is 0. The summed E-state index contributed by atoms with van der Waals surface area (Å²) in [5.74, 6) is 3.07. The maximum Gasteiger partial charge on any atom is 0.203 e. The van der Waals surface area contributed by atoms with Gasteiger partial charge in [0.1, 0.15) is 5.75 Å². The molecule has 0 aliphatic heterocycles. The smallest absolute Gasteiger partial charge is 0.203 e. The normalized spacial score (nSPS) is 10.9. The molecule has 0 unspecified atom stereocenters. The Hall–Kier alpha value is -2.40. The van der Waals surface area contributed by atoms with Crippen LogP contribution < -0.4 is 18.9 Å². The second-order valence-corrected chi connectivity index (χ2v) is 7.00. The van der Waals surface area contributed by atoms with Crippen molar-refractivity contribution in [1.29, 1.82) is 0 Å². The maximum absolute atomic E-state index is 5.59. The molecular formula is C23H33NO4. The molecule has 0 heterocycles. The van der Waals surface area contributed by atoms with E-state index in [0.717, 1.165) is 43.0 Å². The molecule has 0 aromatic heterocycles. The number of methoxy groups -OCH3 is 4. The fourth-order valence-electron chi connectivity index (χ4n) is 3.55. The minimum Gasteiger partial charge on any atom is -0.496 e. The van der Waals surface area contributed by atoms with Crippen LogP contribution in [0.25, 0.3) is 0 Å². The van der Waals surface area contributed by atoms with Gasteiger partial charge in [-0.25, -0.2) is 0 Å². The standard InChI is InChI=1S/C23H33NO4/c1-16-8-9-18(17(2)21(16)26-5)12-14-24(3)15-13-19-10-11-20(25-4)23(28-7)22(19)27-6/h8-11H,12-15H2,1-7H3. The summed E-state index contributed by atoms with van der Waals surface area (Å²) in [6.45, 7) is 6.12. The largest absolute Gasteiger partial charge is 0.496 e. The molecule has 5 nitrogen and oxygen atoms in total. The van der Waals surface area contributed by atoms with Crippen LogP contribution in [-0.4, -0.2) is 53.5 Å². The van der Waals surface area contributed by atoms with Gasteiger partial charge in [0.15, 0.2) is 11.5 Å². The second-order valence-electron chi connectivity index (χ2n) is 7.00. The van der Waals surface area contributed by atoms with Crippen LogP contribution in [0, 0.1) is 13.8 Å². The molecule has 2 rings (SSSR count). The Bertz CT molecular complexity index is 789. The van der Waals surface area contributed by atoms with E-state index in [-0.39, 0.29) is 0 Å². The van der Waals surface area contributed by atoms with Crippen LogP contribution in [0.4, 0.5) is 0 Å². The highest BCUT2D eigenvalue weighted by Gasteiger charge is 2.16. The van der Waals surface area contributed by atoms with Crippen molar-refractivity contribution in [3.63, 3.8) is 0 Å². The van der Waals surface area contributed by atoms with E-state index in [4.69, 9.17) is 18.9 Å². The average molecular weight is 388 g/mol. The summed E-state index contributed by atoms with van der Waals surface area (Å²) in [7, 11) is 8.81. The van der Waals surface area contributed by atoms with Gasteiger partial charge in [0.25, 0.3) is 0 Å². The van der Waals surface area contributed by atoms with Crippen LogP contribution in [0.2, 0.25) is 0 Å². The molecule has 0 bridgehead atoms. The van der Waals surface area contributed by atoms with E-state index in [1.165, 1.54) is 16.7 Å². The van der Waals surface area contributed by atoms with Gasteiger partial charge in [-0.2, -0.15) is 0 Å². The van der Waals surface area contributed by atoms with Gasteiger partial charge in [-0.05, 0) is 62.1 Å². The predicted molar refractivity (Wildman–Crippen MR) is 113 cm³/mol. The molecule has 2 aromatic carbocycles. The highest BCUT2D eigenvalue weighted by Crippen LogP contribution is 2.39. The van der Waals surface area contributed by atoms with Crippen molar-refractivity contribution in [2.45, 2.75) is 26.7 Å². The topological polar surface area (TPSA) is 40.2 Å². The van der Waals surface area contributed by atoms with E-state index in [0.29, 0.717) is 11.5 Å². The number of likely N-dealkylation sites (N-methyl/N-ethyl adjacent to an activating group) is 1. The molecule has 0 spiro atoms. The lowest BCUT2D eigenvalue weighted by atomic mass is 10.0. The monoisotopic (exact) mass is 387 g/mol. The first-order chi connectivity index (χ1) is 13.5. The van der Waals surface area contributed by atoms with Crippen molar-refractivity contribution < 1.29 is 18.9 Å². The molecule has 28 heavy (non-hydrogen) atoms. The molecule has 5 heteroatoms. The maximum atomic E-state index is 5.59. The average Bonchev–Trinajstić information content (AvgIpc) is 2.71. The van der Waals surface area contributed by atoms with Gasteiger partial charge in [-0.3, -0.25) is 0 Å². The van der Waals surface area contributed by atoms with E-state index in [1.807, 2.05) is 12.1 Å². The zero-order chi connectivity index (χ0) is 20.7. The van der Waals surface area contributed by atoms with Crippen molar-refractivity contribution in [2.75, 3.05) is 48.6 Å². The molecule has 2 aromatic rings. The SMILES string of the molecule is COc1ccc(CCN(C)CCc2ccc(C)c(OC)c2C)c(OC)c1OC. The van der Waals surface area contributed by atoms with Crippen molar-refractivity contribution in [3.8, 4) is 23.0 Å². The summed E-state index contributed by atoms with van der Waals surface area (Å²) in [5.41, 5.74) is 4.85. The summed E-state index contributed by atoms with van der Waals surface area (Å²) < 4.78 is 22.0. The zero-order valence-electron chi connectivity index (χ0n) is 18.2. The molecule has 0 atom stereocenters. The molecule has 0 aliphatic rings. The van der Waals surface area contributed by atoms with Crippen LogP contribution in [0.5, 0.6) is 23.0 Å². The quantitative estimate of drug-likeness (QED) is 0.615. The Labute approximate surface area is 169 Å². The van der Waals surface area contributed by atoms with Crippen molar-refractivity contribution >= 4 is 0 Å². The minimum atomic E-state index is 0.646. The number of ether oxygens (including phenoxy) is 4. The molecule has 0 amide bonds. The van der Waals surface area contributed by atoms with E-state index in [9.17, 15) is 0 Å². The Morgan fingerprint density at radius 1 is 0.679 bits per heavy atom. The third-order valence-corrected chi connectivity index (χ3v) is 5.23. The first-order valence-corrected chi connectivity index (χ1v) is 9.56. The molecule has 0 aliphatic carbocycles. The molecule has 0 saturated heterocycles. The second kappa shape index (κ2) is 10.2. The van der Waals surface area contributed by atoms with Gasteiger partial charge in [-0.1, -0.05) is 18.2 Å². The number of hydrogen-bond acceptors (Lipinski definition) is 5. The van der Waals surface area contributed by atoms with Crippen molar-refractivity contribution in [2.24, 2.45) is 0 Å². The van der Waals surface area contributed by atoms with E-state index < -0.39 is 0 Å². The van der Waals surface area contributed by atoms with E-state index in [1.54, 1.807) is 28.4 Å². The third-order valence-electron chi connectivity index (χ3n) is 5.23. The van der Waals surface area contributed by atoms with Gasteiger partial charge in [-0.15, -0.1) is 0 Å². The molecule has 0 N–H and O–H groups in total. The van der Waals surface area contributed by atoms with Crippen LogP contribution in [0.1, 0.15) is 22.3 Å².